The van der Waals surface area contributed by atoms with Gasteiger partial charge < -0.3 is 15.5 Å². The summed E-state index contributed by atoms with van der Waals surface area (Å²) < 4.78 is 0. The molecule has 1 aromatic carbocycles. The van der Waals surface area contributed by atoms with Crippen LogP contribution in [0.2, 0.25) is 0 Å². The van der Waals surface area contributed by atoms with Crippen LogP contribution in [0.1, 0.15) is 49.4 Å². The molecule has 0 bridgehead atoms. The van der Waals surface area contributed by atoms with Gasteiger partial charge in [-0.05, 0) is 36.8 Å². The summed E-state index contributed by atoms with van der Waals surface area (Å²) in [5, 5.41) is 21.7. The van der Waals surface area contributed by atoms with Crippen molar-refractivity contribution in [1.82, 2.24) is 5.32 Å². The van der Waals surface area contributed by atoms with Crippen LogP contribution < -0.4 is 5.32 Å². The molecule has 0 atom stereocenters. The molecule has 104 valence electrons. The van der Waals surface area contributed by atoms with Crippen molar-refractivity contribution in [2.75, 3.05) is 6.54 Å². The molecule has 0 aromatic heterocycles. The Morgan fingerprint density at radius 3 is 2.32 bits per heavy atom. The number of benzene rings is 1. The molecule has 3 N–H and O–H groups in total. The van der Waals surface area contributed by atoms with Crippen molar-refractivity contribution in [3.8, 4) is 11.5 Å². The summed E-state index contributed by atoms with van der Waals surface area (Å²) in [6.07, 6.45) is 5.86. The maximum Gasteiger partial charge on any atom is 0.251 e. The third kappa shape index (κ3) is 3.19. The third-order valence-electron chi connectivity index (χ3n) is 4.20. The fourth-order valence-electron chi connectivity index (χ4n) is 2.88. The first-order chi connectivity index (χ1) is 9.04. The minimum absolute atomic E-state index is 0.101. The van der Waals surface area contributed by atoms with E-state index in [1.807, 2.05) is 0 Å². The first-order valence-electron chi connectivity index (χ1n) is 6.86. The SMILES string of the molecule is CCC1(CNC(=O)c2cc(O)cc(O)c2)CCCC1. The van der Waals surface area contributed by atoms with Gasteiger partial charge in [0.2, 0.25) is 0 Å². The predicted molar refractivity (Wildman–Crippen MR) is 73.3 cm³/mol. The lowest BCUT2D eigenvalue weighted by Gasteiger charge is -2.27. The van der Waals surface area contributed by atoms with Crippen LogP contribution in [0.15, 0.2) is 18.2 Å². The molecule has 0 aliphatic heterocycles. The molecule has 0 saturated heterocycles. The highest BCUT2D eigenvalue weighted by atomic mass is 16.3. The molecule has 1 saturated carbocycles. The van der Waals surface area contributed by atoms with Gasteiger partial charge in [-0.15, -0.1) is 0 Å². The Hall–Kier alpha value is -1.71. The van der Waals surface area contributed by atoms with E-state index in [0.29, 0.717) is 12.1 Å². The van der Waals surface area contributed by atoms with E-state index in [4.69, 9.17) is 0 Å². The molecular weight excluding hydrogens is 242 g/mol. The van der Waals surface area contributed by atoms with Crippen molar-refractivity contribution >= 4 is 5.91 Å². The van der Waals surface area contributed by atoms with Crippen LogP contribution in [0.3, 0.4) is 0 Å². The summed E-state index contributed by atoms with van der Waals surface area (Å²) in [6, 6.07) is 3.94. The molecule has 2 rings (SSSR count). The second kappa shape index (κ2) is 5.51. The van der Waals surface area contributed by atoms with Gasteiger partial charge in [-0.3, -0.25) is 4.79 Å². The van der Waals surface area contributed by atoms with E-state index in [9.17, 15) is 15.0 Å². The molecule has 0 heterocycles. The van der Waals surface area contributed by atoms with Gasteiger partial charge in [0.1, 0.15) is 11.5 Å². The van der Waals surface area contributed by atoms with E-state index in [2.05, 4.69) is 12.2 Å². The molecule has 4 heteroatoms. The first-order valence-corrected chi connectivity index (χ1v) is 6.86. The fourth-order valence-corrected chi connectivity index (χ4v) is 2.88. The fraction of sp³-hybridized carbons (Fsp3) is 0.533. The van der Waals surface area contributed by atoms with Crippen LogP contribution in [0.25, 0.3) is 0 Å². The maximum absolute atomic E-state index is 12.0. The number of phenolic OH excluding ortho intramolecular Hbond substituents is 2. The zero-order valence-corrected chi connectivity index (χ0v) is 11.3. The van der Waals surface area contributed by atoms with Gasteiger partial charge in [-0.2, -0.15) is 0 Å². The highest BCUT2D eigenvalue weighted by Crippen LogP contribution is 2.40. The Bertz CT molecular complexity index is 444. The Balaban J connectivity index is 2.01. The molecule has 0 radical (unpaired) electrons. The van der Waals surface area contributed by atoms with Gasteiger partial charge in [-0.25, -0.2) is 0 Å². The molecule has 1 amide bonds. The number of phenols is 2. The van der Waals surface area contributed by atoms with Crippen LogP contribution in [-0.2, 0) is 0 Å². The number of aromatic hydroxyl groups is 2. The van der Waals surface area contributed by atoms with E-state index in [0.717, 1.165) is 19.3 Å². The molecule has 19 heavy (non-hydrogen) atoms. The van der Waals surface area contributed by atoms with E-state index in [-0.39, 0.29) is 22.8 Å². The number of rotatable bonds is 4. The number of carbonyl (C=O) groups excluding carboxylic acids is 1. The minimum atomic E-state index is -0.245. The van der Waals surface area contributed by atoms with Crippen molar-refractivity contribution in [2.45, 2.75) is 39.0 Å². The summed E-state index contributed by atoms with van der Waals surface area (Å²) in [4.78, 5) is 12.0. The number of carbonyl (C=O) groups is 1. The minimum Gasteiger partial charge on any atom is -0.508 e. The van der Waals surface area contributed by atoms with E-state index < -0.39 is 0 Å². The lowest BCUT2D eigenvalue weighted by molar-refractivity contribution is 0.0928. The Morgan fingerprint density at radius 2 is 1.79 bits per heavy atom. The predicted octanol–water partition coefficient (Wildman–Crippen LogP) is 2.80. The Morgan fingerprint density at radius 1 is 1.21 bits per heavy atom. The van der Waals surface area contributed by atoms with E-state index >= 15 is 0 Å². The van der Waals surface area contributed by atoms with Crippen molar-refractivity contribution in [3.63, 3.8) is 0 Å². The molecule has 1 fully saturated rings. The highest BCUT2D eigenvalue weighted by Gasteiger charge is 2.32. The number of amides is 1. The number of hydrogen-bond donors (Lipinski definition) is 3. The third-order valence-corrected chi connectivity index (χ3v) is 4.20. The van der Waals surface area contributed by atoms with Gasteiger partial charge in [0, 0.05) is 18.2 Å². The van der Waals surface area contributed by atoms with Crippen molar-refractivity contribution < 1.29 is 15.0 Å². The van der Waals surface area contributed by atoms with Gasteiger partial charge in [-0.1, -0.05) is 19.8 Å². The molecule has 1 aliphatic carbocycles. The Kier molecular flexibility index (Phi) is 3.98. The summed E-state index contributed by atoms with van der Waals surface area (Å²) in [7, 11) is 0. The van der Waals surface area contributed by atoms with Crippen LogP contribution in [0.5, 0.6) is 11.5 Å². The summed E-state index contributed by atoms with van der Waals surface area (Å²) in [6.45, 7) is 2.83. The second-order valence-electron chi connectivity index (χ2n) is 5.48. The highest BCUT2D eigenvalue weighted by molar-refractivity contribution is 5.95. The molecular formula is C15H21NO3. The topological polar surface area (TPSA) is 69.6 Å². The van der Waals surface area contributed by atoms with Gasteiger partial charge in [0.05, 0.1) is 0 Å². The second-order valence-corrected chi connectivity index (χ2v) is 5.48. The van der Waals surface area contributed by atoms with E-state index in [1.54, 1.807) is 0 Å². The largest absolute Gasteiger partial charge is 0.508 e. The maximum atomic E-state index is 12.0. The van der Waals surface area contributed by atoms with Crippen molar-refractivity contribution in [1.29, 1.82) is 0 Å². The smallest absolute Gasteiger partial charge is 0.251 e. The van der Waals surface area contributed by atoms with Gasteiger partial charge in [0.15, 0.2) is 0 Å². The van der Waals surface area contributed by atoms with Crippen molar-refractivity contribution in [3.05, 3.63) is 23.8 Å². The van der Waals surface area contributed by atoms with Crippen LogP contribution in [0, 0.1) is 5.41 Å². The van der Waals surface area contributed by atoms with Gasteiger partial charge in [0.25, 0.3) is 5.91 Å². The zero-order chi connectivity index (χ0) is 13.9. The van der Waals surface area contributed by atoms with Gasteiger partial charge >= 0.3 is 0 Å². The average Bonchev–Trinajstić information content (AvgIpc) is 2.84. The molecule has 1 aromatic rings. The van der Waals surface area contributed by atoms with E-state index in [1.165, 1.54) is 31.0 Å². The molecule has 0 unspecified atom stereocenters. The molecule has 4 nitrogen and oxygen atoms in total. The first kappa shape index (κ1) is 13.7. The Labute approximate surface area is 113 Å². The standard InChI is InChI=1S/C15H21NO3/c1-2-15(5-3-4-6-15)10-16-14(19)11-7-12(17)9-13(18)8-11/h7-9,17-18H,2-6,10H2,1H3,(H,16,19). The van der Waals surface area contributed by atoms with Crippen LogP contribution in [0.4, 0.5) is 0 Å². The molecule has 0 spiro atoms. The lowest BCUT2D eigenvalue weighted by Crippen LogP contribution is -2.35. The van der Waals surface area contributed by atoms with Crippen LogP contribution >= 0.6 is 0 Å². The van der Waals surface area contributed by atoms with Crippen LogP contribution in [-0.4, -0.2) is 22.7 Å². The number of nitrogens with one attached hydrogen (secondary N) is 1. The average molecular weight is 263 g/mol. The van der Waals surface area contributed by atoms with Crippen molar-refractivity contribution in [2.24, 2.45) is 5.41 Å². The lowest BCUT2D eigenvalue weighted by atomic mass is 9.83. The summed E-state index contributed by atoms with van der Waals surface area (Å²) in [5.74, 6) is -0.446. The zero-order valence-electron chi connectivity index (χ0n) is 11.3. The summed E-state index contributed by atoms with van der Waals surface area (Å²) in [5.41, 5.74) is 0.524. The number of hydrogen-bond acceptors (Lipinski definition) is 3. The normalized spacial score (nSPS) is 17.3. The monoisotopic (exact) mass is 263 g/mol. The quantitative estimate of drug-likeness (QED) is 0.782. The molecule has 1 aliphatic rings. The summed E-state index contributed by atoms with van der Waals surface area (Å²) >= 11 is 0.